The lowest BCUT2D eigenvalue weighted by Gasteiger charge is -2.24. The number of hydrogen-bond donors (Lipinski definition) is 2. The molecule has 7 heteroatoms. The Morgan fingerprint density at radius 2 is 1.97 bits per heavy atom. The van der Waals surface area contributed by atoms with E-state index in [1.807, 2.05) is 35.2 Å². The van der Waals surface area contributed by atoms with Gasteiger partial charge < -0.3 is 10.3 Å². The van der Waals surface area contributed by atoms with Crippen molar-refractivity contribution in [3.63, 3.8) is 0 Å². The van der Waals surface area contributed by atoms with Gasteiger partial charge in [-0.05, 0) is 44.0 Å². The molecule has 0 aliphatic carbocycles. The molecule has 1 atom stereocenters. The van der Waals surface area contributed by atoms with E-state index in [2.05, 4.69) is 10.3 Å². The highest BCUT2D eigenvalue weighted by molar-refractivity contribution is 5.82. The van der Waals surface area contributed by atoms with Crippen molar-refractivity contribution >= 4 is 16.9 Å². The molecule has 0 bridgehead atoms. The number of carbonyl (C=O) groups excluding carboxylic acids is 1. The summed E-state index contributed by atoms with van der Waals surface area (Å²) in [7, 11) is 0. The van der Waals surface area contributed by atoms with E-state index in [1.165, 1.54) is 6.07 Å². The number of aromatic nitrogens is 2. The summed E-state index contributed by atoms with van der Waals surface area (Å²) in [5.41, 5.74) is 2.17. The molecule has 2 N–H and O–H groups in total. The van der Waals surface area contributed by atoms with Gasteiger partial charge in [0, 0.05) is 25.2 Å². The fourth-order valence-electron chi connectivity index (χ4n) is 4.05. The molecule has 4 rings (SSSR count). The minimum atomic E-state index is -0.234. The standard InChI is InChI=1S/C22H25FN4O2/c23-17-8-2-1-7-16(17)15-26-13-5-11-20(26)21(28)24-12-6-14-27-19-10-4-3-9-18(19)25-22(27)29/h1-4,7-10,20H,5-6,11-15H2,(H,24,28)(H,25,29). The Kier molecular flexibility index (Phi) is 5.76. The molecule has 29 heavy (non-hydrogen) atoms. The zero-order valence-electron chi connectivity index (χ0n) is 16.2. The predicted molar refractivity (Wildman–Crippen MR) is 110 cm³/mol. The summed E-state index contributed by atoms with van der Waals surface area (Å²) < 4.78 is 15.6. The first-order chi connectivity index (χ1) is 14.1. The largest absolute Gasteiger partial charge is 0.355 e. The van der Waals surface area contributed by atoms with E-state index in [-0.39, 0.29) is 23.5 Å². The molecule has 152 valence electrons. The van der Waals surface area contributed by atoms with E-state index < -0.39 is 0 Å². The maximum absolute atomic E-state index is 13.9. The van der Waals surface area contributed by atoms with Crippen LogP contribution >= 0.6 is 0 Å². The van der Waals surface area contributed by atoms with Crippen LogP contribution in [0.25, 0.3) is 11.0 Å². The lowest BCUT2D eigenvalue weighted by atomic mass is 10.1. The van der Waals surface area contributed by atoms with Gasteiger partial charge in [0.25, 0.3) is 0 Å². The zero-order valence-corrected chi connectivity index (χ0v) is 16.2. The van der Waals surface area contributed by atoms with Crippen LogP contribution < -0.4 is 11.0 Å². The monoisotopic (exact) mass is 396 g/mol. The molecule has 0 radical (unpaired) electrons. The number of likely N-dealkylation sites (tertiary alicyclic amines) is 1. The van der Waals surface area contributed by atoms with Crippen molar-refractivity contribution in [2.24, 2.45) is 0 Å². The van der Waals surface area contributed by atoms with Gasteiger partial charge >= 0.3 is 5.69 Å². The second-order valence-electron chi connectivity index (χ2n) is 7.46. The van der Waals surface area contributed by atoms with Crippen LogP contribution in [0.1, 0.15) is 24.8 Å². The van der Waals surface area contributed by atoms with Crippen LogP contribution in [-0.4, -0.2) is 39.5 Å². The molecule has 2 heterocycles. The van der Waals surface area contributed by atoms with Crippen molar-refractivity contribution in [2.75, 3.05) is 13.1 Å². The van der Waals surface area contributed by atoms with Crippen LogP contribution in [0, 0.1) is 5.82 Å². The van der Waals surface area contributed by atoms with Crippen molar-refractivity contribution in [1.82, 2.24) is 19.8 Å². The van der Waals surface area contributed by atoms with Crippen LogP contribution in [0.4, 0.5) is 4.39 Å². The molecule has 1 saturated heterocycles. The van der Waals surface area contributed by atoms with Crippen molar-refractivity contribution in [3.05, 3.63) is 70.4 Å². The third-order valence-electron chi connectivity index (χ3n) is 5.54. The molecule has 6 nitrogen and oxygen atoms in total. The number of amides is 1. The van der Waals surface area contributed by atoms with Gasteiger partial charge in [-0.25, -0.2) is 9.18 Å². The van der Waals surface area contributed by atoms with Crippen LogP contribution in [0.5, 0.6) is 0 Å². The van der Waals surface area contributed by atoms with Crippen LogP contribution in [-0.2, 0) is 17.9 Å². The van der Waals surface area contributed by atoms with E-state index in [0.29, 0.717) is 31.6 Å². The van der Waals surface area contributed by atoms with Gasteiger partial charge in [0.1, 0.15) is 5.82 Å². The molecule has 1 unspecified atom stereocenters. The Labute approximate surface area is 168 Å². The number of rotatable bonds is 7. The van der Waals surface area contributed by atoms with Gasteiger partial charge in [-0.2, -0.15) is 0 Å². The minimum absolute atomic E-state index is 0.0230. The number of imidazole rings is 1. The summed E-state index contributed by atoms with van der Waals surface area (Å²) >= 11 is 0. The number of fused-ring (bicyclic) bond motifs is 1. The molecular weight excluding hydrogens is 371 g/mol. The highest BCUT2D eigenvalue weighted by atomic mass is 19.1. The first-order valence-electron chi connectivity index (χ1n) is 10.1. The average Bonchev–Trinajstić information content (AvgIpc) is 3.31. The quantitative estimate of drug-likeness (QED) is 0.603. The summed E-state index contributed by atoms with van der Waals surface area (Å²) in [5.74, 6) is -0.257. The number of H-pyrrole nitrogens is 1. The van der Waals surface area contributed by atoms with Crippen molar-refractivity contribution in [1.29, 1.82) is 0 Å². The highest BCUT2D eigenvalue weighted by Crippen LogP contribution is 2.21. The second kappa shape index (κ2) is 8.61. The number of aryl methyl sites for hydroxylation is 1. The third kappa shape index (κ3) is 4.24. The molecule has 0 spiro atoms. The summed E-state index contributed by atoms with van der Waals surface area (Å²) in [4.78, 5) is 29.6. The lowest BCUT2D eigenvalue weighted by molar-refractivity contribution is -0.125. The maximum atomic E-state index is 13.9. The molecule has 1 amide bonds. The van der Waals surface area contributed by atoms with Gasteiger partial charge in [0.05, 0.1) is 17.1 Å². The highest BCUT2D eigenvalue weighted by Gasteiger charge is 2.30. The van der Waals surface area contributed by atoms with Gasteiger partial charge in [-0.1, -0.05) is 30.3 Å². The summed E-state index contributed by atoms with van der Waals surface area (Å²) in [6, 6.07) is 14.0. The van der Waals surface area contributed by atoms with Gasteiger partial charge in [0.15, 0.2) is 0 Å². The molecule has 1 aliphatic rings. The van der Waals surface area contributed by atoms with Crippen LogP contribution in [0.3, 0.4) is 0 Å². The number of benzene rings is 2. The number of hydrogen-bond acceptors (Lipinski definition) is 3. The Morgan fingerprint density at radius 3 is 2.83 bits per heavy atom. The van der Waals surface area contributed by atoms with Crippen molar-refractivity contribution in [3.8, 4) is 0 Å². The molecule has 1 aliphatic heterocycles. The summed E-state index contributed by atoms with van der Waals surface area (Å²) in [5, 5.41) is 2.99. The maximum Gasteiger partial charge on any atom is 0.326 e. The summed E-state index contributed by atoms with van der Waals surface area (Å²) in [6.45, 7) is 2.26. The second-order valence-corrected chi connectivity index (χ2v) is 7.46. The molecule has 0 saturated carbocycles. The fraction of sp³-hybridized carbons (Fsp3) is 0.364. The number of nitrogens with one attached hydrogen (secondary N) is 2. The zero-order chi connectivity index (χ0) is 20.2. The number of carbonyl (C=O) groups is 1. The van der Waals surface area contributed by atoms with E-state index in [4.69, 9.17) is 0 Å². The first-order valence-corrected chi connectivity index (χ1v) is 10.1. The number of aromatic amines is 1. The summed E-state index contributed by atoms with van der Waals surface area (Å²) in [6.07, 6.45) is 2.37. The Morgan fingerprint density at radius 1 is 1.17 bits per heavy atom. The van der Waals surface area contributed by atoms with Gasteiger partial charge in [-0.3, -0.25) is 14.3 Å². The van der Waals surface area contributed by atoms with Gasteiger partial charge in [-0.15, -0.1) is 0 Å². The van der Waals surface area contributed by atoms with Crippen LogP contribution in [0.15, 0.2) is 53.3 Å². The minimum Gasteiger partial charge on any atom is -0.355 e. The predicted octanol–water partition coefficient (Wildman–Crippen LogP) is 2.64. The fourth-order valence-corrected chi connectivity index (χ4v) is 4.05. The molecule has 3 aromatic rings. The van der Waals surface area contributed by atoms with E-state index in [0.717, 1.165) is 30.4 Å². The third-order valence-corrected chi connectivity index (χ3v) is 5.54. The smallest absolute Gasteiger partial charge is 0.326 e. The van der Waals surface area contributed by atoms with Crippen LogP contribution in [0.2, 0.25) is 0 Å². The topological polar surface area (TPSA) is 70.1 Å². The number of para-hydroxylation sites is 2. The molecular formula is C22H25FN4O2. The van der Waals surface area contributed by atoms with Crippen molar-refractivity contribution in [2.45, 2.75) is 38.4 Å². The normalized spacial score (nSPS) is 17.1. The average molecular weight is 396 g/mol. The SMILES string of the molecule is O=C(NCCCn1c(=O)[nH]c2ccccc21)C1CCCN1Cc1ccccc1F. The molecule has 1 aromatic heterocycles. The Hall–Kier alpha value is -2.93. The van der Waals surface area contributed by atoms with E-state index in [9.17, 15) is 14.0 Å². The lowest BCUT2D eigenvalue weighted by Crippen LogP contribution is -2.43. The first kappa shape index (κ1) is 19.4. The number of halogens is 1. The van der Waals surface area contributed by atoms with E-state index in [1.54, 1.807) is 16.7 Å². The van der Waals surface area contributed by atoms with Crippen molar-refractivity contribution < 1.29 is 9.18 Å². The van der Waals surface area contributed by atoms with Gasteiger partial charge in [0.2, 0.25) is 5.91 Å². The Bertz CT molecular complexity index is 1060. The Balaban J connectivity index is 1.30. The molecule has 2 aromatic carbocycles. The molecule has 1 fully saturated rings. The van der Waals surface area contributed by atoms with E-state index >= 15 is 0 Å². The number of nitrogens with zero attached hydrogens (tertiary/aromatic N) is 2.